The van der Waals surface area contributed by atoms with Gasteiger partial charge in [0.25, 0.3) is 0 Å². The van der Waals surface area contributed by atoms with Crippen molar-refractivity contribution < 1.29 is 4.79 Å². The highest BCUT2D eigenvalue weighted by Gasteiger charge is 2.32. The summed E-state index contributed by atoms with van der Waals surface area (Å²) in [5.41, 5.74) is 2.41. The monoisotopic (exact) mass is 405 g/mol. The number of aromatic nitrogens is 2. The van der Waals surface area contributed by atoms with Crippen LogP contribution in [0.4, 0.5) is 17.3 Å². The average molecular weight is 406 g/mol. The summed E-state index contributed by atoms with van der Waals surface area (Å²) in [6.07, 6.45) is 6.97. The van der Waals surface area contributed by atoms with E-state index in [4.69, 9.17) is 0 Å². The lowest BCUT2D eigenvalue weighted by molar-refractivity contribution is -0.122. The van der Waals surface area contributed by atoms with Crippen LogP contribution in [0.1, 0.15) is 38.2 Å². The fourth-order valence-corrected chi connectivity index (χ4v) is 5.22. The van der Waals surface area contributed by atoms with Gasteiger partial charge in [0.15, 0.2) is 0 Å². The molecule has 1 unspecified atom stereocenters. The SMILES string of the molecule is CC1CCCN(c2cc(N3CCC(C(=O)N4CCc5ccccc54)CC3)ncn2)C1. The molecule has 1 atom stereocenters. The van der Waals surface area contributed by atoms with Crippen LogP contribution in [0.2, 0.25) is 0 Å². The molecule has 158 valence electrons. The lowest BCUT2D eigenvalue weighted by Gasteiger charge is -2.35. The molecule has 4 heterocycles. The van der Waals surface area contributed by atoms with Crippen LogP contribution in [-0.4, -0.2) is 48.6 Å². The van der Waals surface area contributed by atoms with E-state index in [2.05, 4.69) is 51.0 Å². The van der Waals surface area contributed by atoms with Crippen molar-refractivity contribution in [1.82, 2.24) is 9.97 Å². The molecule has 2 saturated heterocycles. The zero-order valence-corrected chi connectivity index (χ0v) is 17.8. The molecule has 1 aromatic carbocycles. The second kappa shape index (κ2) is 8.25. The number of para-hydroxylation sites is 1. The van der Waals surface area contributed by atoms with E-state index < -0.39 is 0 Å². The van der Waals surface area contributed by atoms with E-state index in [1.807, 2.05) is 11.0 Å². The van der Waals surface area contributed by atoms with Crippen molar-refractivity contribution in [2.45, 2.75) is 39.0 Å². The molecule has 0 radical (unpaired) electrons. The van der Waals surface area contributed by atoms with Gasteiger partial charge in [0.05, 0.1) is 0 Å². The molecular weight excluding hydrogens is 374 g/mol. The number of carbonyl (C=O) groups excluding carboxylic acids is 1. The molecule has 2 fully saturated rings. The summed E-state index contributed by atoms with van der Waals surface area (Å²) in [6, 6.07) is 10.5. The first-order valence-electron chi connectivity index (χ1n) is 11.4. The number of rotatable bonds is 3. The summed E-state index contributed by atoms with van der Waals surface area (Å²) >= 11 is 0. The van der Waals surface area contributed by atoms with Crippen molar-refractivity contribution in [2.75, 3.05) is 47.4 Å². The van der Waals surface area contributed by atoms with E-state index in [9.17, 15) is 4.79 Å². The Labute approximate surface area is 178 Å². The zero-order chi connectivity index (χ0) is 20.5. The number of fused-ring (bicyclic) bond motifs is 1. The normalized spacial score (nSPS) is 22.3. The molecule has 30 heavy (non-hydrogen) atoms. The summed E-state index contributed by atoms with van der Waals surface area (Å²) in [5, 5.41) is 0. The van der Waals surface area contributed by atoms with Gasteiger partial charge in [0, 0.05) is 50.4 Å². The second-order valence-electron chi connectivity index (χ2n) is 9.06. The van der Waals surface area contributed by atoms with Crippen LogP contribution in [0.3, 0.4) is 0 Å². The van der Waals surface area contributed by atoms with E-state index in [0.29, 0.717) is 5.91 Å². The third-order valence-corrected chi connectivity index (χ3v) is 6.94. The number of anilines is 3. The Kier molecular flexibility index (Phi) is 5.32. The van der Waals surface area contributed by atoms with E-state index >= 15 is 0 Å². The van der Waals surface area contributed by atoms with Crippen LogP contribution < -0.4 is 14.7 Å². The third kappa shape index (κ3) is 3.75. The Morgan fingerprint density at radius 1 is 0.967 bits per heavy atom. The molecule has 0 aliphatic carbocycles. The number of carbonyl (C=O) groups is 1. The molecule has 1 amide bonds. The second-order valence-corrected chi connectivity index (χ2v) is 9.06. The number of hydrogen-bond donors (Lipinski definition) is 0. The van der Waals surface area contributed by atoms with Gasteiger partial charge in [-0.1, -0.05) is 25.1 Å². The van der Waals surface area contributed by atoms with Crippen LogP contribution in [0.15, 0.2) is 36.7 Å². The van der Waals surface area contributed by atoms with Gasteiger partial charge < -0.3 is 14.7 Å². The highest BCUT2D eigenvalue weighted by molar-refractivity contribution is 5.97. The van der Waals surface area contributed by atoms with E-state index in [0.717, 1.165) is 75.2 Å². The first kappa shape index (κ1) is 19.3. The first-order chi connectivity index (χ1) is 14.7. The fourth-order valence-electron chi connectivity index (χ4n) is 5.22. The maximum Gasteiger partial charge on any atom is 0.230 e. The zero-order valence-electron chi connectivity index (χ0n) is 17.8. The molecule has 2 aromatic rings. The first-order valence-corrected chi connectivity index (χ1v) is 11.4. The third-order valence-electron chi connectivity index (χ3n) is 6.94. The molecule has 1 aromatic heterocycles. The molecule has 3 aliphatic heterocycles. The van der Waals surface area contributed by atoms with Gasteiger partial charge in [0.1, 0.15) is 18.0 Å². The van der Waals surface area contributed by atoms with Crippen molar-refractivity contribution >= 4 is 23.2 Å². The van der Waals surface area contributed by atoms with Crippen LogP contribution in [-0.2, 0) is 11.2 Å². The molecular formula is C24H31N5O. The highest BCUT2D eigenvalue weighted by atomic mass is 16.2. The molecule has 3 aliphatic rings. The summed E-state index contributed by atoms with van der Waals surface area (Å²) in [4.78, 5) is 29.0. The maximum atomic E-state index is 13.2. The van der Waals surface area contributed by atoms with E-state index in [1.54, 1.807) is 6.33 Å². The van der Waals surface area contributed by atoms with Crippen LogP contribution in [0.25, 0.3) is 0 Å². The molecule has 0 saturated carbocycles. The highest BCUT2D eigenvalue weighted by Crippen LogP contribution is 2.32. The Hall–Kier alpha value is -2.63. The number of amides is 1. The number of hydrogen-bond acceptors (Lipinski definition) is 5. The molecule has 6 heteroatoms. The van der Waals surface area contributed by atoms with E-state index in [1.165, 1.54) is 18.4 Å². The Morgan fingerprint density at radius 2 is 1.73 bits per heavy atom. The van der Waals surface area contributed by atoms with Gasteiger partial charge >= 0.3 is 0 Å². The van der Waals surface area contributed by atoms with Crippen molar-refractivity contribution in [3.05, 3.63) is 42.2 Å². The summed E-state index contributed by atoms with van der Waals surface area (Å²) < 4.78 is 0. The fraction of sp³-hybridized carbons (Fsp3) is 0.542. The standard InChI is InChI=1S/C24H31N5O/c1-18-5-4-11-28(16-18)23-15-22(25-17-26-23)27-12-8-20(9-13-27)24(30)29-14-10-19-6-2-3-7-21(19)29/h2-3,6-7,15,17-18,20H,4-5,8-14,16H2,1H3. The average Bonchev–Trinajstić information content (AvgIpc) is 3.23. The van der Waals surface area contributed by atoms with Crippen LogP contribution in [0, 0.1) is 11.8 Å². The van der Waals surface area contributed by atoms with Crippen molar-refractivity contribution in [2.24, 2.45) is 11.8 Å². The lowest BCUT2D eigenvalue weighted by atomic mass is 9.95. The van der Waals surface area contributed by atoms with Crippen molar-refractivity contribution in [3.63, 3.8) is 0 Å². The largest absolute Gasteiger partial charge is 0.356 e. The van der Waals surface area contributed by atoms with E-state index in [-0.39, 0.29) is 5.92 Å². The molecule has 5 rings (SSSR count). The molecule has 6 nitrogen and oxygen atoms in total. The smallest absolute Gasteiger partial charge is 0.230 e. The van der Waals surface area contributed by atoms with Gasteiger partial charge in [-0.2, -0.15) is 0 Å². The van der Waals surface area contributed by atoms with Gasteiger partial charge in [0.2, 0.25) is 5.91 Å². The Morgan fingerprint density at radius 3 is 2.53 bits per heavy atom. The number of benzene rings is 1. The van der Waals surface area contributed by atoms with Gasteiger partial charge in [-0.15, -0.1) is 0 Å². The Bertz CT molecular complexity index is 908. The van der Waals surface area contributed by atoms with Gasteiger partial charge in [-0.3, -0.25) is 4.79 Å². The Balaban J connectivity index is 1.22. The van der Waals surface area contributed by atoms with Crippen LogP contribution in [0.5, 0.6) is 0 Å². The lowest BCUT2D eigenvalue weighted by Crippen LogP contribution is -2.42. The minimum atomic E-state index is 0.108. The molecule has 0 bridgehead atoms. The summed E-state index contributed by atoms with van der Waals surface area (Å²) in [5.74, 6) is 3.16. The summed E-state index contributed by atoms with van der Waals surface area (Å²) in [7, 11) is 0. The van der Waals surface area contributed by atoms with Gasteiger partial charge in [-0.05, 0) is 49.7 Å². The minimum absolute atomic E-state index is 0.108. The molecule has 0 spiro atoms. The number of piperidine rings is 2. The predicted molar refractivity (Wildman–Crippen MR) is 120 cm³/mol. The van der Waals surface area contributed by atoms with Crippen molar-refractivity contribution in [3.8, 4) is 0 Å². The predicted octanol–water partition coefficient (Wildman–Crippen LogP) is 3.52. The van der Waals surface area contributed by atoms with Crippen LogP contribution >= 0.6 is 0 Å². The number of nitrogens with zero attached hydrogens (tertiary/aromatic N) is 5. The van der Waals surface area contributed by atoms with Crippen molar-refractivity contribution in [1.29, 1.82) is 0 Å². The molecule has 0 N–H and O–H groups in total. The van der Waals surface area contributed by atoms with Gasteiger partial charge in [-0.25, -0.2) is 9.97 Å². The minimum Gasteiger partial charge on any atom is -0.356 e. The quantitative estimate of drug-likeness (QED) is 0.782. The topological polar surface area (TPSA) is 52.6 Å². The summed E-state index contributed by atoms with van der Waals surface area (Å²) in [6.45, 7) is 7.03. The maximum absolute atomic E-state index is 13.2.